The van der Waals surface area contributed by atoms with Gasteiger partial charge in [-0.3, -0.25) is 4.79 Å². The second-order valence-electron chi connectivity index (χ2n) is 4.98. The Morgan fingerprint density at radius 2 is 2.05 bits per heavy atom. The maximum Gasteiger partial charge on any atom is 0.311 e. The molecule has 1 aromatic heterocycles. The van der Waals surface area contributed by atoms with Crippen molar-refractivity contribution in [1.29, 1.82) is 0 Å². The molecule has 0 atom stereocenters. The minimum atomic E-state index is -0.178. The molecular weight excluding hydrogens is 274 g/mol. The van der Waals surface area contributed by atoms with Crippen LogP contribution >= 0.6 is 11.6 Å². The average molecular weight is 294 g/mol. The van der Waals surface area contributed by atoms with Gasteiger partial charge in [-0.15, -0.1) is 0 Å². The molecule has 0 radical (unpaired) electrons. The van der Waals surface area contributed by atoms with E-state index in [2.05, 4.69) is 11.9 Å². The van der Waals surface area contributed by atoms with Crippen LogP contribution in [-0.2, 0) is 4.79 Å². The van der Waals surface area contributed by atoms with E-state index in [4.69, 9.17) is 16.3 Å². The van der Waals surface area contributed by atoms with E-state index in [1.807, 2.05) is 6.07 Å². The second kappa shape index (κ2) is 7.34. The van der Waals surface area contributed by atoms with Gasteiger partial charge >= 0.3 is 5.97 Å². The number of rotatable bonds is 7. The first kappa shape index (κ1) is 14.9. The number of carbonyl (C=O) groups is 1. The molecule has 0 aliphatic rings. The van der Waals surface area contributed by atoms with Gasteiger partial charge in [-0.05, 0) is 24.6 Å². The molecule has 0 bridgehead atoms. The van der Waals surface area contributed by atoms with Crippen molar-refractivity contribution in [3.63, 3.8) is 0 Å². The van der Waals surface area contributed by atoms with Crippen molar-refractivity contribution in [3.05, 3.63) is 29.4 Å². The summed E-state index contributed by atoms with van der Waals surface area (Å²) in [4.78, 5) is 14.9. The molecule has 1 aromatic carbocycles. The van der Waals surface area contributed by atoms with E-state index in [0.29, 0.717) is 17.2 Å². The van der Waals surface area contributed by atoms with E-state index in [0.717, 1.165) is 23.7 Å². The minimum absolute atomic E-state index is 0.178. The Labute approximate surface area is 124 Å². The lowest BCUT2D eigenvalue weighted by molar-refractivity contribution is -0.134. The predicted molar refractivity (Wildman–Crippen MR) is 82.3 cm³/mol. The summed E-state index contributed by atoms with van der Waals surface area (Å²) in [6.07, 6.45) is 7.78. The molecule has 0 spiro atoms. The van der Waals surface area contributed by atoms with Crippen LogP contribution in [0.2, 0.25) is 5.02 Å². The Bertz CT molecular complexity index is 577. The van der Waals surface area contributed by atoms with Crippen LogP contribution in [0, 0.1) is 0 Å². The number of aromatic amines is 1. The van der Waals surface area contributed by atoms with Crippen molar-refractivity contribution >= 4 is 28.5 Å². The second-order valence-corrected chi connectivity index (χ2v) is 5.42. The van der Waals surface area contributed by atoms with E-state index < -0.39 is 0 Å². The first-order valence-electron chi connectivity index (χ1n) is 7.18. The fourth-order valence-electron chi connectivity index (χ4n) is 2.20. The zero-order chi connectivity index (χ0) is 14.4. The predicted octanol–water partition coefficient (Wildman–Crippen LogP) is 5.09. The van der Waals surface area contributed by atoms with Gasteiger partial charge in [-0.2, -0.15) is 0 Å². The molecule has 2 rings (SSSR count). The fourth-order valence-corrected chi connectivity index (χ4v) is 2.37. The Kier molecular flexibility index (Phi) is 5.48. The van der Waals surface area contributed by atoms with E-state index in [-0.39, 0.29) is 5.97 Å². The van der Waals surface area contributed by atoms with Gasteiger partial charge in [-0.1, -0.05) is 44.2 Å². The number of H-pyrrole nitrogens is 1. The van der Waals surface area contributed by atoms with Crippen LogP contribution in [0.3, 0.4) is 0 Å². The number of hydrogen-bond donors (Lipinski definition) is 1. The number of halogens is 1. The zero-order valence-electron chi connectivity index (χ0n) is 11.7. The Balaban J connectivity index is 1.88. The number of esters is 1. The molecule has 0 unspecified atom stereocenters. The monoisotopic (exact) mass is 293 g/mol. The average Bonchev–Trinajstić information content (AvgIpc) is 2.81. The van der Waals surface area contributed by atoms with Gasteiger partial charge < -0.3 is 9.72 Å². The third-order valence-electron chi connectivity index (χ3n) is 3.31. The van der Waals surface area contributed by atoms with Crippen LogP contribution in [0.25, 0.3) is 10.9 Å². The number of hydrogen-bond acceptors (Lipinski definition) is 2. The summed E-state index contributed by atoms with van der Waals surface area (Å²) in [6.45, 7) is 2.18. The lowest BCUT2D eigenvalue weighted by atomic mass is 10.1. The standard InChI is InChI=1S/C16H20ClNO2/c1-2-3-4-5-6-7-16(19)20-15-11-18-14-9-8-12(17)10-13(14)15/h8-11,18H,2-7H2,1H3. The number of fused-ring (bicyclic) bond motifs is 1. The van der Waals surface area contributed by atoms with Crippen LogP contribution < -0.4 is 4.74 Å². The molecule has 20 heavy (non-hydrogen) atoms. The lowest BCUT2D eigenvalue weighted by Crippen LogP contribution is -2.07. The molecule has 1 heterocycles. The molecule has 0 aliphatic carbocycles. The molecule has 4 heteroatoms. The number of aromatic nitrogens is 1. The maximum absolute atomic E-state index is 11.8. The summed E-state index contributed by atoms with van der Waals surface area (Å²) in [5, 5.41) is 1.48. The SMILES string of the molecule is CCCCCCCC(=O)Oc1c[nH]c2ccc(Cl)cc12. The fraction of sp³-hybridized carbons (Fsp3) is 0.438. The smallest absolute Gasteiger partial charge is 0.311 e. The van der Waals surface area contributed by atoms with E-state index in [1.54, 1.807) is 18.3 Å². The summed E-state index contributed by atoms with van der Waals surface area (Å²) >= 11 is 5.96. The normalized spacial score (nSPS) is 10.9. The highest BCUT2D eigenvalue weighted by molar-refractivity contribution is 6.31. The van der Waals surface area contributed by atoms with Crippen LogP contribution in [0.5, 0.6) is 5.75 Å². The molecule has 1 N–H and O–H groups in total. The van der Waals surface area contributed by atoms with Gasteiger partial charge in [0.15, 0.2) is 5.75 Å². The Hall–Kier alpha value is -1.48. The van der Waals surface area contributed by atoms with Gasteiger partial charge in [0, 0.05) is 28.5 Å². The van der Waals surface area contributed by atoms with Crippen molar-refractivity contribution in [2.75, 3.05) is 0 Å². The van der Waals surface area contributed by atoms with E-state index in [1.165, 1.54) is 19.3 Å². The summed E-state index contributed by atoms with van der Waals surface area (Å²) in [5.74, 6) is 0.378. The Morgan fingerprint density at radius 1 is 1.25 bits per heavy atom. The number of nitrogens with one attached hydrogen (secondary N) is 1. The first-order valence-corrected chi connectivity index (χ1v) is 7.56. The molecule has 2 aromatic rings. The summed E-state index contributed by atoms with van der Waals surface area (Å²) < 4.78 is 5.40. The van der Waals surface area contributed by atoms with Crippen molar-refractivity contribution in [2.45, 2.75) is 45.4 Å². The number of ether oxygens (including phenoxy) is 1. The summed E-state index contributed by atoms with van der Waals surface area (Å²) in [5.41, 5.74) is 0.917. The minimum Gasteiger partial charge on any atom is -0.424 e. The van der Waals surface area contributed by atoms with Crippen LogP contribution in [0.15, 0.2) is 24.4 Å². The molecule has 0 saturated carbocycles. The van der Waals surface area contributed by atoms with E-state index in [9.17, 15) is 4.79 Å². The van der Waals surface area contributed by atoms with Gasteiger partial charge in [0.25, 0.3) is 0 Å². The van der Waals surface area contributed by atoms with Crippen LogP contribution in [0.1, 0.15) is 45.4 Å². The molecule has 0 aliphatic heterocycles. The molecule has 0 amide bonds. The number of benzene rings is 1. The van der Waals surface area contributed by atoms with Crippen molar-refractivity contribution < 1.29 is 9.53 Å². The van der Waals surface area contributed by atoms with Gasteiger partial charge in [0.2, 0.25) is 0 Å². The third-order valence-corrected chi connectivity index (χ3v) is 3.55. The van der Waals surface area contributed by atoms with Gasteiger partial charge in [0.1, 0.15) is 0 Å². The van der Waals surface area contributed by atoms with Crippen molar-refractivity contribution in [1.82, 2.24) is 4.98 Å². The van der Waals surface area contributed by atoms with Crippen molar-refractivity contribution in [3.8, 4) is 5.75 Å². The largest absolute Gasteiger partial charge is 0.424 e. The highest BCUT2D eigenvalue weighted by Gasteiger charge is 2.10. The number of carbonyl (C=O) groups excluding carboxylic acids is 1. The molecular formula is C16H20ClNO2. The maximum atomic E-state index is 11.8. The third kappa shape index (κ3) is 4.01. The Morgan fingerprint density at radius 3 is 2.85 bits per heavy atom. The zero-order valence-corrected chi connectivity index (χ0v) is 12.5. The van der Waals surface area contributed by atoms with Crippen LogP contribution in [0.4, 0.5) is 0 Å². The topological polar surface area (TPSA) is 42.1 Å². The first-order chi connectivity index (χ1) is 9.70. The molecule has 0 saturated heterocycles. The molecule has 0 fully saturated rings. The highest BCUT2D eigenvalue weighted by atomic mass is 35.5. The molecule has 108 valence electrons. The van der Waals surface area contributed by atoms with Crippen molar-refractivity contribution in [2.24, 2.45) is 0 Å². The van der Waals surface area contributed by atoms with Gasteiger partial charge in [0.05, 0.1) is 0 Å². The summed E-state index contributed by atoms with van der Waals surface area (Å²) in [6, 6.07) is 5.48. The molecule has 3 nitrogen and oxygen atoms in total. The quantitative estimate of drug-likeness (QED) is 0.571. The van der Waals surface area contributed by atoms with Gasteiger partial charge in [-0.25, -0.2) is 0 Å². The van der Waals surface area contributed by atoms with Crippen LogP contribution in [-0.4, -0.2) is 11.0 Å². The lowest BCUT2D eigenvalue weighted by Gasteiger charge is -2.03. The summed E-state index contributed by atoms with van der Waals surface area (Å²) in [7, 11) is 0. The number of unbranched alkanes of at least 4 members (excludes halogenated alkanes) is 4. The highest BCUT2D eigenvalue weighted by Crippen LogP contribution is 2.28. The van der Waals surface area contributed by atoms with E-state index >= 15 is 0 Å².